The van der Waals surface area contributed by atoms with Gasteiger partial charge in [-0.1, -0.05) is 59.8 Å². The molecule has 1 aliphatic rings. The van der Waals surface area contributed by atoms with Crippen molar-refractivity contribution in [1.82, 2.24) is 20.0 Å². The van der Waals surface area contributed by atoms with E-state index in [-0.39, 0.29) is 23.0 Å². The number of para-hydroxylation sites is 1. The maximum Gasteiger partial charge on any atom is 0.266 e. The van der Waals surface area contributed by atoms with Crippen molar-refractivity contribution in [2.45, 2.75) is 17.5 Å². The van der Waals surface area contributed by atoms with Gasteiger partial charge < -0.3 is 0 Å². The summed E-state index contributed by atoms with van der Waals surface area (Å²) < 4.78 is 15.8. The van der Waals surface area contributed by atoms with Gasteiger partial charge in [0.05, 0.1) is 28.1 Å². The molecular weight excluding hydrogens is 499 g/mol. The Morgan fingerprint density at radius 2 is 1.81 bits per heavy atom. The van der Waals surface area contributed by atoms with Crippen LogP contribution in [0.25, 0.3) is 16.6 Å². The lowest BCUT2D eigenvalue weighted by molar-refractivity contribution is -0.138. The molecule has 10 heteroatoms. The molecule has 0 aliphatic carbocycles. The maximum atomic E-state index is 14.3. The van der Waals surface area contributed by atoms with Crippen molar-refractivity contribution >= 4 is 46.2 Å². The van der Waals surface area contributed by atoms with Gasteiger partial charge in [-0.05, 0) is 37.3 Å². The predicted molar refractivity (Wildman–Crippen MR) is 139 cm³/mol. The fraction of sp³-hybridized carbons (Fsp3) is 0.154. The topological polar surface area (TPSA) is 84.3 Å². The van der Waals surface area contributed by atoms with Gasteiger partial charge in [-0.25, -0.2) is 14.4 Å². The van der Waals surface area contributed by atoms with Gasteiger partial charge in [0.15, 0.2) is 5.16 Å². The number of rotatable bonds is 6. The SMILES string of the molecule is Cc1ccc(-n2c(SCC(=O)NN3C(=O)CSC3c3ccccc3F)nc3ccccc3c2=O)cc1. The summed E-state index contributed by atoms with van der Waals surface area (Å²) in [6.07, 6.45) is 0. The quantitative estimate of drug-likeness (QED) is 0.303. The number of thioether (sulfide) groups is 2. The highest BCUT2D eigenvalue weighted by atomic mass is 32.2. The number of halogens is 1. The van der Waals surface area contributed by atoms with Crippen LogP contribution in [0.3, 0.4) is 0 Å². The van der Waals surface area contributed by atoms with E-state index in [1.54, 1.807) is 42.5 Å². The second-order valence-corrected chi connectivity index (χ2v) is 10.2. The zero-order chi connectivity index (χ0) is 25.2. The molecule has 0 radical (unpaired) electrons. The summed E-state index contributed by atoms with van der Waals surface area (Å²) in [7, 11) is 0. The molecule has 1 fully saturated rings. The van der Waals surface area contributed by atoms with E-state index in [9.17, 15) is 18.8 Å². The van der Waals surface area contributed by atoms with Gasteiger partial charge in [-0.2, -0.15) is 0 Å². The van der Waals surface area contributed by atoms with Crippen LogP contribution < -0.4 is 11.0 Å². The fourth-order valence-corrected chi connectivity index (χ4v) is 5.81. The first kappa shape index (κ1) is 24.1. The molecule has 0 saturated carbocycles. The number of benzene rings is 3. The minimum Gasteiger partial charge on any atom is -0.272 e. The number of nitrogens with one attached hydrogen (secondary N) is 1. The van der Waals surface area contributed by atoms with E-state index >= 15 is 0 Å². The van der Waals surface area contributed by atoms with Crippen molar-refractivity contribution in [2.24, 2.45) is 0 Å². The third-order valence-corrected chi connectivity index (χ3v) is 7.79. The second kappa shape index (κ2) is 10.2. The number of aryl methyl sites for hydroxylation is 1. The molecule has 1 saturated heterocycles. The van der Waals surface area contributed by atoms with Gasteiger partial charge in [0.1, 0.15) is 11.2 Å². The molecular formula is C26H21FN4O3S2. The number of nitrogens with zero attached hydrogens (tertiary/aromatic N) is 3. The van der Waals surface area contributed by atoms with Gasteiger partial charge >= 0.3 is 0 Å². The number of hydrogen-bond acceptors (Lipinski definition) is 6. The van der Waals surface area contributed by atoms with E-state index < -0.39 is 17.1 Å². The van der Waals surface area contributed by atoms with Gasteiger partial charge in [-0.3, -0.25) is 24.4 Å². The van der Waals surface area contributed by atoms with Crippen LogP contribution in [0.2, 0.25) is 0 Å². The van der Waals surface area contributed by atoms with Crippen LogP contribution in [-0.4, -0.2) is 37.9 Å². The number of fused-ring (bicyclic) bond motifs is 1. The summed E-state index contributed by atoms with van der Waals surface area (Å²) in [5.74, 6) is -1.19. The van der Waals surface area contributed by atoms with Crippen LogP contribution in [0, 0.1) is 12.7 Å². The van der Waals surface area contributed by atoms with Crippen LogP contribution in [0.5, 0.6) is 0 Å². The van der Waals surface area contributed by atoms with Crippen molar-refractivity contribution in [2.75, 3.05) is 11.5 Å². The monoisotopic (exact) mass is 520 g/mol. The summed E-state index contributed by atoms with van der Waals surface area (Å²) >= 11 is 2.33. The number of aromatic nitrogens is 2. The Hall–Kier alpha value is -3.63. The normalized spacial score (nSPS) is 15.4. The Labute approximate surface area is 214 Å². The van der Waals surface area contributed by atoms with E-state index in [0.29, 0.717) is 27.3 Å². The van der Waals surface area contributed by atoms with Crippen LogP contribution in [0.15, 0.2) is 82.7 Å². The average molecular weight is 521 g/mol. The first-order chi connectivity index (χ1) is 17.4. The lowest BCUT2D eigenvalue weighted by Gasteiger charge is -2.24. The lowest BCUT2D eigenvalue weighted by Crippen LogP contribution is -2.45. The fourth-order valence-electron chi connectivity index (χ4n) is 3.88. The Kier molecular flexibility index (Phi) is 6.80. The summed E-state index contributed by atoms with van der Waals surface area (Å²) in [6.45, 7) is 1.96. The Morgan fingerprint density at radius 1 is 1.08 bits per heavy atom. The standard InChI is InChI=1S/C26H21FN4O3S2/c1-16-10-12-17(13-11-16)30-24(34)19-7-3-5-9-21(19)28-26(30)36-14-22(32)29-31-23(33)15-35-25(31)18-6-2-4-8-20(18)27/h2-13,25H,14-15H2,1H3,(H,29,32). The van der Waals surface area contributed by atoms with E-state index in [2.05, 4.69) is 10.4 Å². The summed E-state index contributed by atoms with van der Waals surface area (Å²) in [5.41, 5.74) is 4.91. The average Bonchev–Trinajstić information content (AvgIpc) is 3.23. The highest BCUT2D eigenvalue weighted by Gasteiger charge is 2.35. The molecule has 1 aromatic heterocycles. The van der Waals surface area contributed by atoms with Crippen molar-refractivity contribution in [3.05, 3.63) is 100 Å². The largest absolute Gasteiger partial charge is 0.272 e. The molecule has 2 amide bonds. The van der Waals surface area contributed by atoms with Crippen molar-refractivity contribution in [1.29, 1.82) is 0 Å². The first-order valence-corrected chi connectivity index (χ1v) is 13.1. The molecule has 2 heterocycles. The summed E-state index contributed by atoms with van der Waals surface area (Å²) in [6, 6.07) is 20.7. The van der Waals surface area contributed by atoms with Crippen LogP contribution in [0.4, 0.5) is 4.39 Å². The van der Waals surface area contributed by atoms with E-state index in [1.165, 1.54) is 27.4 Å². The summed E-state index contributed by atoms with van der Waals surface area (Å²) in [5, 5.41) is 1.34. The van der Waals surface area contributed by atoms with Crippen molar-refractivity contribution < 1.29 is 14.0 Å². The Morgan fingerprint density at radius 3 is 2.58 bits per heavy atom. The Bertz CT molecular complexity index is 1520. The molecule has 7 nitrogen and oxygen atoms in total. The number of hydrazine groups is 1. The van der Waals surface area contributed by atoms with Crippen LogP contribution in [-0.2, 0) is 9.59 Å². The molecule has 1 N–H and O–H groups in total. The highest BCUT2D eigenvalue weighted by Crippen LogP contribution is 2.38. The minimum absolute atomic E-state index is 0.102. The molecule has 4 aromatic rings. The number of carbonyl (C=O) groups is 2. The molecule has 0 spiro atoms. The van der Waals surface area contributed by atoms with Gasteiger partial charge in [0.25, 0.3) is 11.5 Å². The maximum absolute atomic E-state index is 14.3. The molecule has 36 heavy (non-hydrogen) atoms. The molecule has 5 rings (SSSR count). The molecule has 1 unspecified atom stereocenters. The lowest BCUT2D eigenvalue weighted by atomic mass is 10.2. The molecule has 182 valence electrons. The van der Waals surface area contributed by atoms with Gasteiger partial charge in [0, 0.05) is 5.56 Å². The van der Waals surface area contributed by atoms with Crippen molar-refractivity contribution in [3.8, 4) is 5.69 Å². The Balaban J connectivity index is 1.40. The smallest absolute Gasteiger partial charge is 0.266 e. The van der Waals surface area contributed by atoms with Gasteiger partial charge in [-0.15, -0.1) is 11.8 Å². The third-order valence-electron chi connectivity index (χ3n) is 5.65. The van der Waals surface area contributed by atoms with Crippen LogP contribution in [0.1, 0.15) is 16.5 Å². The molecule has 3 aromatic carbocycles. The highest BCUT2D eigenvalue weighted by molar-refractivity contribution is 8.00. The first-order valence-electron chi connectivity index (χ1n) is 11.1. The van der Waals surface area contributed by atoms with E-state index in [1.807, 2.05) is 31.2 Å². The van der Waals surface area contributed by atoms with E-state index in [0.717, 1.165) is 17.3 Å². The minimum atomic E-state index is -0.655. The zero-order valence-corrected chi connectivity index (χ0v) is 20.8. The number of amides is 2. The third kappa shape index (κ3) is 4.74. The number of carbonyl (C=O) groups excluding carboxylic acids is 2. The molecule has 1 atom stereocenters. The zero-order valence-electron chi connectivity index (χ0n) is 19.2. The van der Waals surface area contributed by atoms with Gasteiger partial charge in [0.2, 0.25) is 5.91 Å². The van der Waals surface area contributed by atoms with E-state index in [4.69, 9.17) is 0 Å². The van der Waals surface area contributed by atoms with Crippen LogP contribution >= 0.6 is 23.5 Å². The number of hydrogen-bond donors (Lipinski definition) is 1. The molecule has 1 aliphatic heterocycles. The second-order valence-electron chi connectivity index (χ2n) is 8.16. The summed E-state index contributed by atoms with van der Waals surface area (Å²) in [4.78, 5) is 43.3. The predicted octanol–water partition coefficient (Wildman–Crippen LogP) is 4.23. The molecule has 0 bridgehead atoms. The van der Waals surface area contributed by atoms with Crippen molar-refractivity contribution in [3.63, 3.8) is 0 Å².